The molecule has 148 valence electrons. The summed E-state index contributed by atoms with van der Waals surface area (Å²) >= 11 is 0. The summed E-state index contributed by atoms with van der Waals surface area (Å²) in [6, 6.07) is 10.9. The van der Waals surface area contributed by atoms with Crippen LogP contribution in [0.3, 0.4) is 0 Å². The monoisotopic (exact) mass is 372 g/mol. The number of hydrogen-bond donors (Lipinski definition) is 1. The van der Waals surface area contributed by atoms with Crippen LogP contribution in [0.5, 0.6) is 0 Å². The number of rotatable bonds is 6. The van der Waals surface area contributed by atoms with Crippen LogP contribution in [0.2, 0.25) is 0 Å². The molecule has 0 bridgehead atoms. The number of hydrogen-bond acceptors (Lipinski definition) is 4. The Morgan fingerprint density at radius 1 is 1.04 bits per heavy atom. The van der Waals surface area contributed by atoms with Gasteiger partial charge < -0.3 is 10.2 Å². The molecule has 2 fully saturated rings. The van der Waals surface area contributed by atoms with E-state index in [2.05, 4.69) is 46.3 Å². The third-order valence-electron chi connectivity index (χ3n) is 5.56. The Labute approximate surface area is 162 Å². The second-order valence-electron chi connectivity index (χ2n) is 7.76. The Hall–Kier alpha value is -1.92. The molecule has 2 aliphatic heterocycles. The lowest BCUT2D eigenvalue weighted by Gasteiger charge is -2.28. The van der Waals surface area contributed by atoms with Gasteiger partial charge in [-0.25, -0.2) is 0 Å². The summed E-state index contributed by atoms with van der Waals surface area (Å²) in [4.78, 5) is 30.9. The number of carbonyl (C=O) groups excluding carboxylic acids is 2. The zero-order valence-corrected chi connectivity index (χ0v) is 16.4. The fourth-order valence-electron chi connectivity index (χ4n) is 4.01. The summed E-state index contributed by atoms with van der Waals surface area (Å²) in [5.74, 6) is -0.00953. The lowest BCUT2D eigenvalue weighted by Crippen LogP contribution is -2.46. The molecule has 1 N–H and O–H groups in total. The Morgan fingerprint density at radius 2 is 1.78 bits per heavy atom. The summed E-state index contributed by atoms with van der Waals surface area (Å²) in [6.07, 6.45) is 3.20. The summed E-state index contributed by atoms with van der Waals surface area (Å²) < 4.78 is 0. The van der Waals surface area contributed by atoms with Crippen LogP contribution in [0.25, 0.3) is 0 Å². The van der Waals surface area contributed by atoms with Gasteiger partial charge in [-0.05, 0) is 38.3 Å². The van der Waals surface area contributed by atoms with Crippen molar-refractivity contribution in [3.05, 3.63) is 35.9 Å². The Morgan fingerprint density at radius 3 is 2.52 bits per heavy atom. The molecule has 6 heteroatoms. The number of carbonyl (C=O) groups is 2. The number of benzene rings is 1. The molecule has 1 atom stereocenters. The molecular weight excluding hydrogens is 340 g/mol. The molecule has 2 amide bonds. The number of amides is 2. The van der Waals surface area contributed by atoms with Crippen molar-refractivity contribution in [3.63, 3.8) is 0 Å². The van der Waals surface area contributed by atoms with E-state index < -0.39 is 0 Å². The summed E-state index contributed by atoms with van der Waals surface area (Å²) in [5.41, 5.74) is 1.33. The zero-order chi connectivity index (χ0) is 19.1. The van der Waals surface area contributed by atoms with Crippen molar-refractivity contribution in [2.45, 2.75) is 38.8 Å². The molecule has 0 aromatic heterocycles. The normalized spacial score (nSPS) is 21.8. The van der Waals surface area contributed by atoms with Crippen LogP contribution < -0.4 is 5.32 Å². The zero-order valence-electron chi connectivity index (χ0n) is 16.4. The predicted octanol–water partition coefficient (Wildman–Crippen LogP) is 1.32. The molecule has 1 aromatic rings. The largest absolute Gasteiger partial charge is 0.346 e. The van der Waals surface area contributed by atoms with Crippen LogP contribution in [-0.2, 0) is 16.1 Å². The average molecular weight is 373 g/mol. The Kier molecular flexibility index (Phi) is 7.24. The first-order valence-corrected chi connectivity index (χ1v) is 10.2. The van der Waals surface area contributed by atoms with Crippen LogP contribution in [0.15, 0.2) is 30.3 Å². The molecule has 1 aromatic carbocycles. The highest BCUT2D eigenvalue weighted by atomic mass is 16.2. The Balaban J connectivity index is 1.43. The maximum atomic E-state index is 12.3. The molecule has 27 heavy (non-hydrogen) atoms. The third kappa shape index (κ3) is 6.04. The van der Waals surface area contributed by atoms with Crippen molar-refractivity contribution in [1.82, 2.24) is 20.0 Å². The first-order chi connectivity index (χ1) is 13.1. The molecule has 1 unspecified atom stereocenters. The topological polar surface area (TPSA) is 55.9 Å². The number of nitrogens with zero attached hydrogens (tertiary/aromatic N) is 3. The van der Waals surface area contributed by atoms with Gasteiger partial charge in [0, 0.05) is 38.8 Å². The van der Waals surface area contributed by atoms with Crippen molar-refractivity contribution >= 4 is 11.8 Å². The first-order valence-electron chi connectivity index (χ1n) is 10.2. The lowest BCUT2D eigenvalue weighted by atomic mass is 10.2. The van der Waals surface area contributed by atoms with E-state index in [-0.39, 0.29) is 18.4 Å². The minimum atomic E-state index is -0.0501. The summed E-state index contributed by atoms with van der Waals surface area (Å²) in [6.45, 7) is 8.21. The van der Waals surface area contributed by atoms with Gasteiger partial charge in [-0.15, -0.1) is 0 Å². The van der Waals surface area contributed by atoms with E-state index in [0.717, 1.165) is 58.5 Å². The van der Waals surface area contributed by atoms with Crippen molar-refractivity contribution in [2.24, 2.45) is 0 Å². The number of nitrogens with one attached hydrogen (secondary N) is 1. The van der Waals surface area contributed by atoms with E-state index >= 15 is 0 Å². The van der Waals surface area contributed by atoms with Gasteiger partial charge in [0.15, 0.2) is 0 Å². The van der Waals surface area contributed by atoms with E-state index in [1.54, 1.807) is 0 Å². The Bertz CT molecular complexity index is 616. The van der Waals surface area contributed by atoms with Crippen molar-refractivity contribution < 1.29 is 9.59 Å². The molecule has 2 saturated heterocycles. The van der Waals surface area contributed by atoms with Gasteiger partial charge in [0.2, 0.25) is 11.8 Å². The van der Waals surface area contributed by atoms with Gasteiger partial charge in [0.1, 0.15) is 0 Å². The minimum Gasteiger partial charge on any atom is -0.346 e. The van der Waals surface area contributed by atoms with Crippen LogP contribution in [0, 0.1) is 0 Å². The number of likely N-dealkylation sites (tertiary alicyclic amines) is 1. The summed E-state index contributed by atoms with van der Waals surface area (Å²) in [5, 5.41) is 2.81. The van der Waals surface area contributed by atoms with Crippen LogP contribution in [-0.4, -0.2) is 78.4 Å². The SMILES string of the molecule is CC1CN(Cc2ccccc2)CCCN1CC(=O)NCC(=O)N1CCCC1. The van der Waals surface area contributed by atoms with Crippen LogP contribution in [0.1, 0.15) is 31.7 Å². The fourth-order valence-corrected chi connectivity index (χ4v) is 4.01. The van der Waals surface area contributed by atoms with Gasteiger partial charge in [-0.1, -0.05) is 30.3 Å². The van der Waals surface area contributed by atoms with Gasteiger partial charge >= 0.3 is 0 Å². The molecule has 6 nitrogen and oxygen atoms in total. The van der Waals surface area contributed by atoms with Gasteiger partial charge in [-0.2, -0.15) is 0 Å². The van der Waals surface area contributed by atoms with Crippen LogP contribution >= 0.6 is 0 Å². The van der Waals surface area contributed by atoms with Gasteiger partial charge in [-0.3, -0.25) is 19.4 Å². The summed E-state index contributed by atoms with van der Waals surface area (Å²) in [7, 11) is 0. The fraction of sp³-hybridized carbons (Fsp3) is 0.619. The second kappa shape index (κ2) is 9.85. The standard InChI is InChI=1S/C21H32N4O2/c1-18-15-23(16-19-8-3-2-4-9-19)10-7-13-25(18)17-20(26)22-14-21(27)24-11-5-6-12-24/h2-4,8-9,18H,5-7,10-17H2,1H3,(H,22,26). The van der Waals surface area contributed by atoms with Gasteiger partial charge in [0.05, 0.1) is 13.1 Å². The van der Waals surface area contributed by atoms with E-state index in [0.29, 0.717) is 12.6 Å². The third-order valence-corrected chi connectivity index (χ3v) is 5.56. The molecule has 0 aliphatic carbocycles. The van der Waals surface area contributed by atoms with Crippen LogP contribution in [0.4, 0.5) is 0 Å². The molecular formula is C21H32N4O2. The lowest BCUT2D eigenvalue weighted by molar-refractivity contribution is -0.132. The van der Waals surface area contributed by atoms with Crippen molar-refractivity contribution in [2.75, 3.05) is 45.8 Å². The van der Waals surface area contributed by atoms with Crippen molar-refractivity contribution in [1.29, 1.82) is 0 Å². The maximum Gasteiger partial charge on any atom is 0.241 e. The smallest absolute Gasteiger partial charge is 0.241 e. The molecule has 2 aliphatic rings. The van der Waals surface area contributed by atoms with E-state index in [9.17, 15) is 9.59 Å². The highest BCUT2D eigenvalue weighted by Crippen LogP contribution is 2.13. The van der Waals surface area contributed by atoms with Gasteiger partial charge in [0.25, 0.3) is 0 Å². The van der Waals surface area contributed by atoms with E-state index in [1.807, 2.05) is 11.0 Å². The molecule has 3 rings (SSSR count). The first kappa shape index (κ1) is 19.8. The van der Waals surface area contributed by atoms with E-state index in [1.165, 1.54) is 5.56 Å². The highest BCUT2D eigenvalue weighted by molar-refractivity contribution is 5.85. The predicted molar refractivity (Wildman–Crippen MR) is 106 cm³/mol. The maximum absolute atomic E-state index is 12.3. The molecule has 0 radical (unpaired) electrons. The average Bonchev–Trinajstić information content (AvgIpc) is 3.15. The quantitative estimate of drug-likeness (QED) is 0.818. The highest BCUT2D eigenvalue weighted by Gasteiger charge is 2.24. The minimum absolute atomic E-state index is 0.0406. The second-order valence-corrected chi connectivity index (χ2v) is 7.76. The molecule has 0 spiro atoms. The molecule has 2 heterocycles. The van der Waals surface area contributed by atoms with Crippen molar-refractivity contribution in [3.8, 4) is 0 Å². The van der Waals surface area contributed by atoms with E-state index in [4.69, 9.17) is 0 Å². The molecule has 0 saturated carbocycles.